The second-order valence-corrected chi connectivity index (χ2v) is 13.8. The smallest absolute Gasteiger partial charge is 0.406 e. The summed E-state index contributed by atoms with van der Waals surface area (Å²) in [6, 6.07) is 0.0869. The van der Waals surface area contributed by atoms with Gasteiger partial charge in [-0.25, -0.2) is 4.79 Å². The summed E-state index contributed by atoms with van der Waals surface area (Å²) in [6.45, 7) is 20.2. The van der Waals surface area contributed by atoms with Gasteiger partial charge in [0.1, 0.15) is 5.76 Å². The molecule has 0 radical (unpaired) electrons. The van der Waals surface area contributed by atoms with E-state index in [1.54, 1.807) is 4.90 Å². The Morgan fingerprint density at radius 1 is 1.11 bits per heavy atom. The number of nitrogens with one attached hydrogen (secondary N) is 1. The van der Waals surface area contributed by atoms with E-state index >= 15 is 0 Å². The first-order chi connectivity index (χ1) is 17.9. The maximum atomic E-state index is 12.9. The normalized spacial score (nSPS) is 37.9. The van der Waals surface area contributed by atoms with Crippen LogP contribution in [0.1, 0.15) is 107 Å². The van der Waals surface area contributed by atoms with Crippen LogP contribution in [0.25, 0.3) is 0 Å². The summed E-state index contributed by atoms with van der Waals surface area (Å²) in [5, 5.41) is 13.6. The van der Waals surface area contributed by atoms with E-state index in [0.717, 1.165) is 44.2 Å². The molecule has 2 N–H and O–H groups in total. The predicted octanol–water partition coefficient (Wildman–Crippen LogP) is 7.22. The first-order valence-electron chi connectivity index (χ1n) is 15.4. The minimum Gasteiger partial charge on any atom is -0.406 e. The average molecular weight is 527 g/mol. The second kappa shape index (κ2) is 11.1. The van der Waals surface area contributed by atoms with Gasteiger partial charge < -0.3 is 20.1 Å². The highest BCUT2D eigenvalue weighted by Gasteiger charge is 2.64. The topological polar surface area (TPSA) is 61.8 Å². The van der Waals surface area contributed by atoms with Crippen LogP contribution in [0.3, 0.4) is 0 Å². The Bertz CT molecular complexity index is 994. The number of nitrogens with zero attached hydrogens (tertiary/aromatic N) is 1. The zero-order valence-corrected chi connectivity index (χ0v) is 25.5. The lowest BCUT2D eigenvalue weighted by atomic mass is 9.42. The lowest BCUT2D eigenvalue weighted by Gasteiger charge is -2.63. The van der Waals surface area contributed by atoms with E-state index in [0.29, 0.717) is 23.6 Å². The average Bonchev–Trinajstić information content (AvgIpc) is 3.13. The van der Waals surface area contributed by atoms with Crippen molar-refractivity contribution < 1.29 is 14.6 Å². The fourth-order valence-electron chi connectivity index (χ4n) is 9.33. The number of allylic oxidation sites excluding steroid dienone is 2. The number of likely N-dealkylation sites (N-methyl/N-ethyl adjacent to an activating group) is 1. The maximum Gasteiger partial charge on any atom is 0.415 e. The standard InChI is InChI=1S/C33H54N2O3/c1-9-34-18-19-35(22(2)3)30(37)38-24(5)20-23(4)27-13-16-33(8)29-11-10-25-21-26(36)12-15-31(25,6)28(29)14-17-32(27,33)7/h21-22,26-29,34,36H,9-19H2,1-8H3/t20?,26-,27-,28+,29-,31+,32-,33+/m1/s1. The quantitative estimate of drug-likeness (QED) is 0.159. The maximum absolute atomic E-state index is 12.9. The van der Waals surface area contributed by atoms with Crippen molar-refractivity contribution in [2.75, 3.05) is 19.6 Å². The fraction of sp³-hybridized carbons (Fsp3) is 0.818. The lowest BCUT2D eigenvalue weighted by molar-refractivity contribution is -0.110. The molecular formula is C33H54N2O3. The van der Waals surface area contributed by atoms with E-state index in [9.17, 15) is 9.90 Å². The van der Waals surface area contributed by atoms with Gasteiger partial charge >= 0.3 is 6.09 Å². The van der Waals surface area contributed by atoms with E-state index in [4.69, 9.17) is 4.74 Å². The summed E-state index contributed by atoms with van der Waals surface area (Å²) < 4.78 is 5.81. The molecule has 214 valence electrons. The van der Waals surface area contributed by atoms with Crippen LogP contribution in [0.15, 0.2) is 28.7 Å². The van der Waals surface area contributed by atoms with Crippen LogP contribution in [0, 0.1) is 34.0 Å². The number of rotatable bonds is 7. The van der Waals surface area contributed by atoms with Crippen LogP contribution in [0.5, 0.6) is 0 Å². The SMILES string of the molecule is CCNCCN(C(=O)OC(C)=C=C(C)[C@H]1CC[C@@]2(C)[C@@H]3CCC4=C[C@H](O)CC[C@]4(C)[C@H]3CC[C@]12C)C(C)C. The number of amides is 1. The predicted molar refractivity (Wildman–Crippen MR) is 155 cm³/mol. The molecule has 7 atom stereocenters. The van der Waals surface area contributed by atoms with Crippen LogP contribution < -0.4 is 5.32 Å². The summed E-state index contributed by atoms with van der Waals surface area (Å²) in [4.78, 5) is 14.7. The number of fused-ring (bicyclic) bond motifs is 5. The molecule has 0 spiro atoms. The molecule has 4 aliphatic carbocycles. The van der Waals surface area contributed by atoms with Crippen LogP contribution >= 0.6 is 0 Å². The summed E-state index contributed by atoms with van der Waals surface area (Å²) in [5.74, 6) is 2.50. The number of carbonyl (C=O) groups excluding carboxylic acids is 1. The first-order valence-corrected chi connectivity index (χ1v) is 15.4. The van der Waals surface area contributed by atoms with E-state index in [2.05, 4.69) is 51.7 Å². The minimum atomic E-state index is -0.282. The molecule has 5 nitrogen and oxygen atoms in total. The third-order valence-electron chi connectivity index (χ3n) is 11.7. The van der Waals surface area contributed by atoms with Crippen molar-refractivity contribution in [3.8, 4) is 0 Å². The Hall–Kier alpha value is -1.55. The van der Waals surface area contributed by atoms with Gasteiger partial charge in [0.25, 0.3) is 0 Å². The van der Waals surface area contributed by atoms with Gasteiger partial charge in [0, 0.05) is 26.1 Å². The van der Waals surface area contributed by atoms with Crippen molar-refractivity contribution in [1.29, 1.82) is 0 Å². The van der Waals surface area contributed by atoms with Crippen molar-refractivity contribution in [3.05, 3.63) is 28.7 Å². The Kier molecular flexibility index (Phi) is 8.63. The van der Waals surface area contributed by atoms with Gasteiger partial charge in [-0.3, -0.25) is 0 Å². The Labute approximate surface area is 232 Å². The number of ether oxygens (including phenoxy) is 1. The third kappa shape index (κ3) is 5.04. The van der Waals surface area contributed by atoms with Crippen molar-refractivity contribution >= 4 is 6.09 Å². The van der Waals surface area contributed by atoms with Gasteiger partial charge in [0.15, 0.2) is 0 Å². The first kappa shape index (κ1) is 29.4. The van der Waals surface area contributed by atoms with E-state index in [1.165, 1.54) is 43.3 Å². The molecular weight excluding hydrogens is 472 g/mol. The molecule has 5 heteroatoms. The lowest BCUT2D eigenvalue weighted by Crippen LogP contribution is -2.55. The highest BCUT2D eigenvalue weighted by Crippen LogP contribution is 2.72. The zero-order valence-electron chi connectivity index (χ0n) is 25.5. The highest BCUT2D eigenvalue weighted by molar-refractivity contribution is 5.69. The zero-order chi connectivity index (χ0) is 27.9. The van der Waals surface area contributed by atoms with Gasteiger partial charge in [0.05, 0.1) is 6.10 Å². The number of hydrogen-bond acceptors (Lipinski definition) is 4. The van der Waals surface area contributed by atoms with E-state index in [-0.39, 0.29) is 29.1 Å². The molecule has 0 saturated heterocycles. The Balaban J connectivity index is 1.53. The molecule has 0 bridgehead atoms. The van der Waals surface area contributed by atoms with Crippen molar-refractivity contribution in [2.45, 2.75) is 119 Å². The van der Waals surface area contributed by atoms with Gasteiger partial charge in [0.2, 0.25) is 0 Å². The molecule has 0 aromatic rings. The molecule has 0 aromatic carbocycles. The van der Waals surface area contributed by atoms with E-state index < -0.39 is 0 Å². The molecule has 4 rings (SSSR count). The highest BCUT2D eigenvalue weighted by atomic mass is 16.6. The monoisotopic (exact) mass is 526 g/mol. The van der Waals surface area contributed by atoms with E-state index in [1.807, 2.05) is 20.8 Å². The fourth-order valence-corrected chi connectivity index (χ4v) is 9.33. The molecule has 0 unspecified atom stereocenters. The van der Waals surface area contributed by atoms with Crippen LogP contribution in [-0.2, 0) is 4.74 Å². The minimum absolute atomic E-state index is 0.0869. The van der Waals surface area contributed by atoms with Crippen LogP contribution in [-0.4, -0.2) is 47.9 Å². The molecule has 4 aliphatic rings. The summed E-state index contributed by atoms with van der Waals surface area (Å²) in [5.41, 5.74) is 7.11. The third-order valence-corrected chi connectivity index (χ3v) is 11.7. The summed E-state index contributed by atoms with van der Waals surface area (Å²) in [7, 11) is 0. The number of aliphatic hydroxyl groups excluding tert-OH is 1. The molecule has 0 aliphatic heterocycles. The second-order valence-electron chi connectivity index (χ2n) is 13.8. The van der Waals surface area contributed by atoms with Gasteiger partial charge in [-0.2, -0.15) is 0 Å². The molecule has 3 saturated carbocycles. The number of aliphatic hydroxyl groups is 1. The molecule has 1 amide bonds. The van der Waals surface area contributed by atoms with Crippen molar-refractivity contribution in [2.24, 2.45) is 34.0 Å². The molecule has 3 fully saturated rings. The largest absolute Gasteiger partial charge is 0.415 e. The molecule has 38 heavy (non-hydrogen) atoms. The number of hydrogen-bond donors (Lipinski definition) is 2. The summed E-state index contributed by atoms with van der Waals surface area (Å²) in [6.07, 6.45) is 11.1. The number of carbonyl (C=O) groups is 1. The van der Waals surface area contributed by atoms with Crippen molar-refractivity contribution in [1.82, 2.24) is 10.2 Å². The summed E-state index contributed by atoms with van der Waals surface area (Å²) >= 11 is 0. The van der Waals surface area contributed by atoms with Crippen LogP contribution in [0.2, 0.25) is 0 Å². The van der Waals surface area contributed by atoms with Crippen LogP contribution in [0.4, 0.5) is 4.79 Å². The Morgan fingerprint density at radius 2 is 1.82 bits per heavy atom. The van der Waals surface area contributed by atoms with Gasteiger partial charge in [-0.15, -0.1) is 0 Å². The van der Waals surface area contributed by atoms with Crippen molar-refractivity contribution in [3.63, 3.8) is 0 Å². The van der Waals surface area contributed by atoms with Gasteiger partial charge in [-0.1, -0.05) is 45.1 Å². The Morgan fingerprint density at radius 3 is 2.50 bits per heavy atom. The molecule has 0 heterocycles. The molecule has 0 aromatic heterocycles. The van der Waals surface area contributed by atoms with Gasteiger partial charge in [-0.05, 0) is 118 Å².